The van der Waals surface area contributed by atoms with Crippen molar-refractivity contribution in [1.82, 2.24) is 15.1 Å². The largest absolute Gasteiger partial charge is 0.367 e. The summed E-state index contributed by atoms with van der Waals surface area (Å²) in [5.74, 6) is -0.425. The van der Waals surface area contributed by atoms with Gasteiger partial charge in [0.25, 0.3) is 0 Å². The maximum Gasteiger partial charge on any atom is 0.242 e. The molecule has 2 amide bonds. The highest BCUT2D eigenvalue weighted by Crippen LogP contribution is 2.25. The molecule has 2 saturated heterocycles. The van der Waals surface area contributed by atoms with Crippen LogP contribution in [-0.4, -0.2) is 67.0 Å². The van der Waals surface area contributed by atoms with E-state index in [1.54, 1.807) is 21.9 Å². The number of piperazine rings is 1. The molecule has 1 aromatic rings. The van der Waals surface area contributed by atoms with Crippen LogP contribution in [0.4, 0.5) is 4.39 Å². The number of carbonyl (C=O) groups is 2. The summed E-state index contributed by atoms with van der Waals surface area (Å²) in [7, 11) is 0. The van der Waals surface area contributed by atoms with Gasteiger partial charge in [-0.25, -0.2) is 4.39 Å². The molecule has 1 N–H and O–H groups in total. The van der Waals surface area contributed by atoms with Gasteiger partial charge in [-0.2, -0.15) is 0 Å². The summed E-state index contributed by atoms with van der Waals surface area (Å²) >= 11 is 0. The molecule has 7 heteroatoms. The Kier molecular flexibility index (Phi) is 5.11. The second-order valence-electron chi connectivity index (χ2n) is 6.28. The summed E-state index contributed by atoms with van der Waals surface area (Å²) < 4.78 is 19.0. The monoisotopic (exact) mass is 335 g/mol. The Labute approximate surface area is 140 Å². The first-order valence-corrected chi connectivity index (χ1v) is 8.20. The summed E-state index contributed by atoms with van der Waals surface area (Å²) in [6.45, 7) is 4.45. The molecule has 6 nitrogen and oxygen atoms in total. The molecule has 1 aromatic carbocycles. The predicted octanol–water partition coefficient (Wildman–Crippen LogP) is 0.546. The van der Waals surface area contributed by atoms with E-state index in [1.165, 1.54) is 12.1 Å². The van der Waals surface area contributed by atoms with Crippen molar-refractivity contribution in [1.29, 1.82) is 0 Å². The number of amides is 2. The van der Waals surface area contributed by atoms with Gasteiger partial charge in [0.2, 0.25) is 11.8 Å². The van der Waals surface area contributed by atoms with Crippen LogP contribution >= 0.6 is 0 Å². The fourth-order valence-electron chi connectivity index (χ4n) is 3.09. The molecule has 2 aliphatic heterocycles. The van der Waals surface area contributed by atoms with E-state index < -0.39 is 0 Å². The normalized spacial score (nSPS) is 25.0. The highest BCUT2D eigenvalue weighted by molar-refractivity contribution is 5.86. The zero-order chi connectivity index (χ0) is 17.1. The quantitative estimate of drug-likeness (QED) is 0.876. The van der Waals surface area contributed by atoms with Gasteiger partial charge in [0.15, 0.2) is 0 Å². The van der Waals surface area contributed by atoms with Crippen LogP contribution in [0, 0.1) is 5.82 Å². The number of benzene rings is 1. The Morgan fingerprint density at radius 3 is 2.79 bits per heavy atom. The molecule has 2 atom stereocenters. The van der Waals surface area contributed by atoms with Crippen LogP contribution in [0.5, 0.6) is 0 Å². The molecule has 0 aromatic heterocycles. The maximum absolute atomic E-state index is 13.1. The van der Waals surface area contributed by atoms with E-state index in [9.17, 15) is 14.0 Å². The second-order valence-corrected chi connectivity index (χ2v) is 6.28. The van der Waals surface area contributed by atoms with Gasteiger partial charge in [-0.05, 0) is 24.6 Å². The predicted molar refractivity (Wildman–Crippen MR) is 85.7 cm³/mol. The van der Waals surface area contributed by atoms with Gasteiger partial charge in [-0.15, -0.1) is 0 Å². The van der Waals surface area contributed by atoms with Crippen LogP contribution < -0.4 is 5.32 Å². The number of halogens is 1. The summed E-state index contributed by atoms with van der Waals surface area (Å²) in [6.07, 6.45) is -0.395. The fourth-order valence-corrected chi connectivity index (χ4v) is 3.09. The van der Waals surface area contributed by atoms with Crippen molar-refractivity contribution in [3.05, 3.63) is 35.6 Å². The Hall–Kier alpha value is -1.99. The van der Waals surface area contributed by atoms with Crippen molar-refractivity contribution in [3.8, 4) is 0 Å². The standard InChI is InChI=1S/C17H22FN3O3/c1-12-9-21(17(23)11-20-7-6-19-8-16(20)22)10-15(24-12)13-2-4-14(18)5-3-13/h2-5,12,15,19H,6-11H2,1H3. The van der Waals surface area contributed by atoms with E-state index in [4.69, 9.17) is 4.74 Å². The summed E-state index contributed by atoms with van der Waals surface area (Å²) in [6, 6.07) is 6.15. The summed E-state index contributed by atoms with van der Waals surface area (Å²) in [5, 5.41) is 2.99. The zero-order valence-corrected chi connectivity index (χ0v) is 13.7. The molecular formula is C17H22FN3O3. The van der Waals surface area contributed by atoms with Gasteiger partial charge in [-0.1, -0.05) is 12.1 Å². The highest BCUT2D eigenvalue weighted by Gasteiger charge is 2.31. The van der Waals surface area contributed by atoms with Crippen LogP contribution in [0.25, 0.3) is 0 Å². The van der Waals surface area contributed by atoms with E-state index in [2.05, 4.69) is 5.32 Å². The third kappa shape index (κ3) is 3.91. The first-order chi connectivity index (χ1) is 11.5. The van der Waals surface area contributed by atoms with Gasteiger partial charge in [0.1, 0.15) is 11.9 Å². The van der Waals surface area contributed by atoms with Crippen molar-refractivity contribution in [2.45, 2.75) is 19.1 Å². The van der Waals surface area contributed by atoms with Crippen molar-refractivity contribution in [2.75, 3.05) is 39.3 Å². The number of nitrogens with one attached hydrogen (secondary N) is 1. The maximum atomic E-state index is 13.1. The first kappa shape index (κ1) is 16.9. The lowest BCUT2D eigenvalue weighted by Crippen LogP contribution is -2.54. The molecule has 0 bridgehead atoms. The molecule has 2 unspecified atom stereocenters. The van der Waals surface area contributed by atoms with Crippen LogP contribution in [0.2, 0.25) is 0 Å². The lowest BCUT2D eigenvalue weighted by atomic mass is 10.1. The van der Waals surface area contributed by atoms with E-state index in [0.717, 1.165) is 5.56 Å². The van der Waals surface area contributed by atoms with E-state index in [0.29, 0.717) is 26.2 Å². The van der Waals surface area contributed by atoms with Crippen LogP contribution in [0.15, 0.2) is 24.3 Å². The molecule has 0 radical (unpaired) electrons. The number of nitrogens with zero attached hydrogens (tertiary/aromatic N) is 2. The average Bonchev–Trinajstić information content (AvgIpc) is 2.57. The molecular weight excluding hydrogens is 313 g/mol. The Balaban J connectivity index is 1.65. The first-order valence-electron chi connectivity index (χ1n) is 8.20. The number of hydrogen-bond donors (Lipinski definition) is 1. The molecule has 0 saturated carbocycles. The molecule has 3 rings (SSSR count). The third-order valence-corrected chi connectivity index (χ3v) is 4.37. The second kappa shape index (κ2) is 7.27. The fraction of sp³-hybridized carbons (Fsp3) is 0.529. The van der Waals surface area contributed by atoms with Crippen molar-refractivity contribution >= 4 is 11.8 Å². The molecule has 24 heavy (non-hydrogen) atoms. The number of hydrogen-bond acceptors (Lipinski definition) is 4. The average molecular weight is 335 g/mol. The van der Waals surface area contributed by atoms with Crippen LogP contribution in [0.3, 0.4) is 0 Å². The van der Waals surface area contributed by atoms with Crippen LogP contribution in [0.1, 0.15) is 18.6 Å². The molecule has 0 spiro atoms. The van der Waals surface area contributed by atoms with E-state index in [1.807, 2.05) is 6.92 Å². The summed E-state index contributed by atoms with van der Waals surface area (Å²) in [4.78, 5) is 27.7. The molecule has 130 valence electrons. The van der Waals surface area contributed by atoms with Crippen molar-refractivity contribution in [2.24, 2.45) is 0 Å². The van der Waals surface area contributed by atoms with Gasteiger partial charge in [0, 0.05) is 19.6 Å². The Bertz CT molecular complexity index is 608. The third-order valence-electron chi connectivity index (χ3n) is 4.37. The molecule has 0 aliphatic carbocycles. The van der Waals surface area contributed by atoms with Gasteiger partial charge >= 0.3 is 0 Å². The van der Waals surface area contributed by atoms with Gasteiger partial charge in [-0.3, -0.25) is 9.59 Å². The van der Waals surface area contributed by atoms with Crippen molar-refractivity contribution in [3.63, 3.8) is 0 Å². The molecule has 2 fully saturated rings. The smallest absolute Gasteiger partial charge is 0.242 e. The molecule has 2 aliphatic rings. The lowest BCUT2D eigenvalue weighted by Gasteiger charge is -2.38. The van der Waals surface area contributed by atoms with Crippen LogP contribution in [-0.2, 0) is 14.3 Å². The lowest BCUT2D eigenvalue weighted by molar-refractivity contribution is -0.150. The highest BCUT2D eigenvalue weighted by atomic mass is 19.1. The minimum atomic E-state index is -0.298. The Morgan fingerprint density at radius 2 is 2.08 bits per heavy atom. The van der Waals surface area contributed by atoms with E-state index >= 15 is 0 Å². The Morgan fingerprint density at radius 1 is 1.33 bits per heavy atom. The SMILES string of the molecule is CC1CN(C(=O)CN2CCNCC2=O)CC(c2ccc(F)cc2)O1. The number of morpholine rings is 1. The molecule has 2 heterocycles. The number of rotatable bonds is 3. The summed E-state index contributed by atoms with van der Waals surface area (Å²) in [5.41, 5.74) is 0.846. The van der Waals surface area contributed by atoms with E-state index in [-0.39, 0.29) is 42.9 Å². The zero-order valence-electron chi connectivity index (χ0n) is 13.7. The minimum Gasteiger partial charge on any atom is -0.367 e. The topological polar surface area (TPSA) is 61.9 Å². The number of carbonyl (C=O) groups excluding carboxylic acids is 2. The van der Waals surface area contributed by atoms with Gasteiger partial charge in [0.05, 0.1) is 25.7 Å². The number of ether oxygens (including phenoxy) is 1. The van der Waals surface area contributed by atoms with Gasteiger partial charge < -0.3 is 19.9 Å². The van der Waals surface area contributed by atoms with Crippen molar-refractivity contribution < 1.29 is 18.7 Å². The minimum absolute atomic E-state index is 0.0500.